The molecule has 2 aromatic heterocycles. The van der Waals surface area contributed by atoms with Crippen molar-refractivity contribution < 1.29 is 33.0 Å². The highest BCUT2D eigenvalue weighted by Gasteiger charge is 2.32. The maximum Gasteiger partial charge on any atom is 0.240 e. The summed E-state index contributed by atoms with van der Waals surface area (Å²) in [7, 11) is 0. The molecule has 1 aliphatic carbocycles. The number of carbonyl (C=O) groups excluding carboxylic acids is 2. The van der Waals surface area contributed by atoms with Crippen LogP contribution in [0.5, 0.6) is 0 Å². The summed E-state index contributed by atoms with van der Waals surface area (Å²) in [6.45, 7) is 4.34. The van der Waals surface area contributed by atoms with E-state index in [2.05, 4.69) is 21.4 Å². The molecule has 12 nitrogen and oxygen atoms in total. The second-order valence-corrected chi connectivity index (χ2v) is 9.95. The standard InChI is InChI=1S/C30H33N5O7/c36-26-15-27(37)35-18-22-19-41-12-11-40-10-9-39-8-7-38-5-3-33-29-23-14-21-16-31-17-25(21)24(13-20(23)1-2-32-29)28(26)30(35)34-4-6-42-22/h4,6,13-14,16-18,31H,1-3,5,7-12,15,19H2,(H,32,33)/b6-4?,22-18?,28-24-,34-30?. The summed E-state index contributed by atoms with van der Waals surface area (Å²) >= 11 is 0. The van der Waals surface area contributed by atoms with Gasteiger partial charge in [-0.25, -0.2) is 4.98 Å². The molecule has 3 aliphatic heterocycles. The number of aromatic nitrogens is 3. The van der Waals surface area contributed by atoms with Gasteiger partial charge in [-0.1, -0.05) is 0 Å². The highest BCUT2D eigenvalue weighted by Crippen LogP contribution is 2.39. The van der Waals surface area contributed by atoms with E-state index in [-0.39, 0.29) is 24.6 Å². The van der Waals surface area contributed by atoms with Crippen LogP contribution < -0.4 is 5.32 Å². The quantitative estimate of drug-likeness (QED) is 0.454. The molecule has 220 valence electrons. The Morgan fingerprint density at radius 1 is 0.905 bits per heavy atom. The van der Waals surface area contributed by atoms with Crippen LogP contribution in [0.2, 0.25) is 0 Å². The van der Waals surface area contributed by atoms with Gasteiger partial charge in [-0.05, 0) is 29.7 Å². The van der Waals surface area contributed by atoms with Crippen LogP contribution in [0.4, 0.5) is 0 Å². The first kappa shape index (κ1) is 28.0. The van der Waals surface area contributed by atoms with Crippen LogP contribution in [0, 0.1) is 0 Å². The van der Waals surface area contributed by atoms with E-state index in [1.54, 1.807) is 6.20 Å². The number of allylic oxidation sites excluding steroid dienone is 3. The molecule has 6 rings (SSSR count). The molecule has 2 aromatic rings. The number of ketones is 1. The van der Waals surface area contributed by atoms with Crippen molar-refractivity contribution in [2.45, 2.75) is 19.4 Å². The highest BCUT2D eigenvalue weighted by molar-refractivity contribution is 6.34. The van der Waals surface area contributed by atoms with Crippen LogP contribution in [0.1, 0.15) is 40.3 Å². The van der Waals surface area contributed by atoms with Gasteiger partial charge in [0.1, 0.15) is 24.5 Å². The van der Waals surface area contributed by atoms with Crippen LogP contribution in [-0.2, 0) is 30.3 Å². The number of aliphatic imine (C=N–C) groups is 1. The normalized spacial score (nSPS) is 22.1. The predicted molar refractivity (Wildman–Crippen MR) is 153 cm³/mol. The minimum Gasteiger partial charge on any atom is -0.464 e. The van der Waals surface area contributed by atoms with Gasteiger partial charge in [0.05, 0.1) is 70.6 Å². The Balaban J connectivity index is 1.44. The van der Waals surface area contributed by atoms with Gasteiger partial charge in [-0.3, -0.25) is 19.1 Å². The fourth-order valence-electron chi connectivity index (χ4n) is 5.21. The number of nitrogens with zero attached hydrogens (tertiary/aromatic N) is 3. The Bertz CT molecular complexity index is 1520. The third-order valence-corrected chi connectivity index (χ3v) is 7.17. The molecule has 0 amide bonds. The molecule has 0 atom stereocenters. The largest absolute Gasteiger partial charge is 0.464 e. The van der Waals surface area contributed by atoms with Crippen molar-refractivity contribution in [3.05, 3.63) is 71.0 Å². The maximum atomic E-state index is 13.6. The number of ether oxygens (including phenoxy) is 4. The molecule has 2 N–H and O–H groups in total. The number of hydrogen-bond donors (Lipinski definition) is 2. The van der Waals surface area contributed by atoms with Gasteiger partial charge in [0.2, 0.25) is 5.91 Å². The molecule has 0 aromatic carbocycles. The van der Waals surface area contributed by atoms with Crippen LogP contribution >= 0.6 is 0 Å². The molecule has 0 saturated heterocycles. The molecule has 12 heteroatoms. The van der Waals surface area contributed by atoms with Crippen LogP contribution in [0.25, 0.3) is 17.2 Å². The average molecular weight is 576 g/mol. The van der Waals surface area contributed by atoms with Gasteiger partial charge in [0, 0.05) is 42.2 Å². The topological polar surface area (TPSA) is 142 Å². The van der Waals surface area contributed by atoms with E-state index >= 15 is 0 Å². The molecule has 8 bridgehead atoms. The predicted octanol–water partition coefficient (Wildman–Crippen LogP) is 2.75. The molecule has 42 heavy (non-hydrogen) atoms. The lowest BCUT2D eigenvalue weighted by Crippen LogP contribution is -2.32. The molecule has 0 radical (unpaired) electrons. The Kier molecular flexibility index (Phi) is 8.85. The second kappa shape index (κ2) is 13.3. The third-order valence-electron chi connectivity index (χ3n) is 7.17. The third kappa shape index (κ3) is 6.21. The number of carbonyl (C=O) groups is 2. The van der Waals surface area contributed by atoms with Crippen molar-refractivity contribution in [2.24, 2.45) is 4.99 Å². The smallest absolute Gasteiger partial charge is 0.240 e. The van der Waals surface area contributed by atoms with Crippen LogP contribution in [-0.4, -0.2) is 91.4 Å². The first-order valence-electron chi connectivity index (χ1n) is 14.1. The number of H-pyrrole nitrogens is 1. The number of nitrogens with one attached hydrogen (secondary N) is 2. The van der Waals surface area contributed by atoms with E-state index in [1.165, 1.54) is 17.0 Å². The minimum atomic E-state index is -0.392. The van der Waals surface area contributed by atoms with Gasteiger partial charge in [0.25, 0.3) is 0 Å². The van der Waals surface area contributed by atoms with Crippen molar-refractivity contribution in [3.8, 4) is 0 Å². The maximum absolute atomic E-state index is 13.6. The summed E-state index contributed by atoms with van der Waals surface area (Å²) < 4.78 is 29.6. The molecule has 0 saturated carbocycles. The van der Waals surface area contributed by atoms with Crippen LogP contribution in [0.15, 0.2) is 57.7 Å². The minimum absolute atomic E-state index is 0.104. The van der Waals surface area contributed by atoms with E-state index in [0.717, 1.165) is 28.1 Å². The first-order valence-corrected chi connectivity index (χ1v) is 14.1. The molecule has 0 unspecified atom stereocenters. The molecule has 0 fully saturated rings. The zero-order valence-electron chi connectivity index (χ0n) is 23.2. The van der Waals surface area contributed by atoms with Gasteiger partial charge in [-0.15, -0.1) is 0 Å². The van der Waals surface area contributed by atoms with Gasteiger partial charge >= 0.3 is 0 Å². The molecular weight excluding hydrogens is 542 g/mol. The Hall–Kier alpha value is -4.10. The summed E-state index contributed by atoms with van der Waals surface area (Å²) in [5.74, 6) is 0.736. The summed E-state index contributed by atoms with van der Waals surface area (Å²) in [5, 5.41) is 3.42. The fourth-order valence-corrected chi connectivity index (χ4v) is 5.21. The Morgan fingerprint density at radius 2 is 1.69 bits per heavy atom. The van der Waals surface area contributed by atoms with E-state index < -0.39 is 5.91 Å². The summed E-state index contributed by atoms with van der Waals surface area (Å²) in [4.78, 5) is 39.2. The number of Topliss-reactive ketones (excluding diaryl/α,β-unsaturated/α-hetero) is 1. The van der Waals surface area contributed by atoms with Crippen molar-refractivity contribution in [2.75, 3.05) is 59.3 Å². The SMILES string of the molecule is O=C1CC(=O)n2cc3occnc2/C1=C1/C=C2CCN=C(NCCOCCOCCOCCOC3)C2=Cc2c[nH]cc21. The van der Waals surface area contributed by atoms with E-state index in [9.17, 15) is 9.59 Å². The lowest BCUT2D eigenvalue weighted by molar-refractivity contribution is -0.113. The van der Waals surface area contributed by atoms with Crippen molar-refractivity contribution in [3.63, 3.8) is 0 Å². The number of fused-ring (bicyclic) bond motifs is 4. The van der Waals surface area contributed by atoms with Crippen molar-refractivity contribution >= 4 is 34.7 Å². The number of aromatic amines is 1. The molecular formula is C30H33N5O7. The lowest BCUT2D eigenvalue weighted by atomic mass is 9.91. The lowest BCUT2D eigenvalue weighted by Gasteiger charge is -2.22. The van der Waals surface area contributed by atoms with Gasteiger partial charge in [-0.2, -0.15) is 0 Å². The summed E-state index contributed by atoms with van der Waals surface area (Å²) in [6.07, 6.45) is 12.7. The van der Waals surface area contributed by atoms with E-state index in [1.807, 2.05) is 18.5 Å². The molecule has 4 aliphatic rings. The zero-order valence-corrected chi connectivity index (χ0v) is 23.2. The number of hydrogen-bond acceptors (Lipinski definition) is 10. The summed E-state index contributed by atoms with van der Waals surface area (Å²) in [6, 6.07) is 0. The number of rotatable bonds is 0. The number of amidine groups is 1. The average Bonchev–Trinajstić information content (AvgIpc) is 3.36. The van der Waals surface area contributed by atoms with Gasteiger partial charge in [0.15, 0.2) is 11.6 Å². The molecule has 5 heterocycles. The fraction of sp³-hybridized carbons (Fsp3) is 0.400. The molecule has 0 spiro atoms. The Morgan fingerprint density at radius 3 is 2.52 bits per heavy atom. The van der Waals surface area contributed by atoms with Gasteiger partial charge < -0.3 is 33.7 Å². The summed E-state index contributed by atoms with van der Waals surface area (Å²) in [5.41, 5.74) is 4.82. The van der Waals surface area contributed by atoms with Crippen LogP contribution in [0.3, 0.4) is 0 Å². The second-order valence-electron chi connectivity index (χ2n) is 9.95. The monoisotopic (exact) mass is 575 g/mol. The van der Waals surface area contributed by atoms with E-state index in [4.69, 9.17) is 28.4 Å². The van der Waals surface area contributed by atoms with E-state index in [0.29, 0.717) is 82.7 Å². The highest BCUT2D eigenvalue weighted by atomic mass is 16.6. The first-order chi connectivity index (χ1) is 20.7. The van der Waals surface area contributed by atoms with Crippen molar-refractivity contribution in [1.29, 1.82) is 0 Å². The zero-order chi connectivity index (χ0) is 28.7. The van der Waals surface area contributed by atoms with Crippen molar-refractivity contribution in [1.82, 2.24) is 19.9 Å². The Labute approximate surface area is 242 Å².